The van der Waals surface area contributed by atoms with E-state index in [2.05, 4.69) is 15.7 Å². The maximum Gasteiger partial charge on any atom is 0.276 e. The molecule has 0 bridgehead atoms. The Morgan fingerprint density at radius 3 is 2.96 bits per heavy atom. The molecule has 0 spiro atoms. The smallest absolute Gasteiger partial charge is 0.276 e. The van der Waals surface area contributed by atoms with Gasteiger partial charge in [-0.05, 0) is 56.3 Å². The molecule has 1 saturated heterocycles. The number of hydrogen-bond acceptors (Lipinski definition) is 4. The molecule has 2 heterocycles. The summed E-state index contributed by atoms with van der Waals surface area (Å²) in [6, 6.07) is 9.67. The van der Waals surface area contributed by atoms with E-state index < -0.39 is 0 Å². The van der Waals surface area contributed by atoms with Crippen LogP contribution in [0.5, 0.6) is 5.75 Å². The number of ether oxygens (including phenoxy) is 1. The number of rotatable bonds is 6. The van der Waals surface area contributed by atoms with Crippen LogP contribution in [0, 0.1) is 5.92 Å². The van der Waals surface area contributed by atoms with Crippen molar-refractivity contribution in [2.75, 3.05) is 25.0 Å². The molecule has 6 heteroatoms. The zero-order valence-corrected chi connectivity index (χ0v) is 14.3. The first kappa shape index (κ1) is 16.1. The molecule has 1 amide bonds. The topological polar surface area (TPSA) is 68.2 Å². The molecular formula is C19H24N4O2. The number of para-hydroxylation sites is 2. The number of benzene rings is 1. The molecule has 1 aromatic carbocycles. The maximum absolute atomic E-state index is 12.6. The van der Waals surface area contributed by atoms with E-state index in [-0.39, 0.29) is 5.91 Å². The van der Waals surface area contributed by atoms with Crippen molar-refractivity contribution in [3.05, 3.63) is 42.2 Å². The van der Waals surface area contributed by atoms with Gasteiger partial charge in [0.25, 0.3) is 5.91 Å². The molecule has 2 fully saturated rings. The first-order valence-corrected chi connectivity index (χ1v) is 9.08. The highest BCUT2D eigenvalue weighted by Gasteiger charge is 2.23. The molecule has 1 atom stereocenters. The van der Waals surface area contributed by atoms with Crippen molar-refractivity contribution < 1.29 is 9.53 Å². The van der Waals surface area contributed by atoms with Gasteiger partial charge in [-0.15, -0.1) is 0 Å². The van der Waals surface area contributed by atoms with Crippen LogP contribution in [-0.2, 0) is 0 Å². The zero-order chi connectivity index (χ0) is 17.1. The van der Waals surface area contributed by atoms with Crippen LogP contribution in [0.25, 0.3) is 0 Å². The average Bonchev–Trinajstić information content (AvgIpc) is 3.35. The second kappa shape index (κ2) is 7.27. The Balaban J connectivity index is 1.42. The van der Waals surface area contributed by atoms with E-state index >= 15 is 0 Å². The Hall–Kier alpha value is -2.34. The third-order valence-corrected chi connectivity index (χ3v) is 4.79. The zero-order valence-electron chi connectivity index (χ0n) is 14.3. The van der Waals surface area contributed by atoms with E-state index in [9.17, 15) is 4.79 Å². The molecule has 4 rings (SSSR count). The van der Waals surface area contributed by atoms with Crippen LogP contribution < -0.4 is 15.4 Å². The summed E-state index contributed by atoms with van der Waals surface area (Å²) >= 11 is 0. The molecule has 2 N–H and O–H groups in total. The molecule has 132 valence electrons. The standard InChI is InChI=1S/C19H24N4O2/c24-19(17-9-11-23(22-17)15-4-3-10-20-12-15)21-16-5-1-2-6-18(16)25-13-14-7-8-14/h1-2,5-6,9,11,14-15,20H,3-4,7-8,10,12-13H2,(H,21,24). The fourth-order valence-corrected chi connectivity index (χ4v) is 3.10. The van der Waals surface area contributed by atoms with Gasteiger partial charge in [0, 0.05) is 12.7 Å². The molecule has 25 heavy (non-hydrogen) atoms. The van der Waals surface area contributed by atoms with Crippen molar-refractivity contribution in [1.82, 2.24) is 15.1 Å². The summed E-state index contributed by atoms with van der Waals surface area (Å²) in [4.78, 5) is 12.6. The van der Waals surface area contributed by atoms with E-state index in [0.29, 0.717) is 23.3 Å². The van der Waals surface area contributed by atoms with Gasteiger partial charge < -0.3 is 15.4 Å². The van der Waals surface area contributed by atoms with Gasteiger partial charge in [-0.1, -0.05) is 12.1 Å². The minimum absolute atomic E-state index is 0.204. The normalized spacial score (nSPS) is 20.2. The number of carbonyl (C=O) groups excluding carboxylic acids is 1. The van der Waals surface area contributed by atoms with E-state index in [1.807, 2.05) is 35.1 Å². The highest BCUT2D eigenvalue weighted by Crippen LogP contribution is 2.31. The summed E-state index contributed by atoms with van der Waals surface area (Å²) in [6.45, 7) is 2.68. The highest BCUT2D eigenvalue weighted by molar-refractivity contribution is 6.03. The van der Waals surface area contributed by atoms with Crippen LogP contribution in [0.1, 0.15) is 42.2 Å². The SMILES string of the molecule is O=C(Nc1ccccc1OCC1CC1)c1ccn(C2CCCNC2)n1. The van der Waals surface area contributed by atoms with Crippen LogP contribution in [0.15, 0.2) is 36.5 Å². The number of nitrogens with zero attached hydrogens (tertiary/aromatic N) is 2. The second-order valence-electron chi connectivity index (χ2n) is 6.89. The van der Waals surface area contributed by atoms with Crippen LogP contribution in [0.4, 0.5) is 5.69 Å². The van der Waals surface area contributed by atoms with Gasteiger partial charge in [0.05, 0.1) is 18.3 Å². The van der Waals surface area contributed by atoms with Crippen molar-refractivity contribution in [3.8, 4) is 5.75 Å². The van der Waals surface area contributed by atoms with Crippen molar-refractivity contribution in [1.29, 1.82) is 0 Å². The molecule has 1 aliphatic carbocycles. The molecule has 6 nitrogen and oxygen atoms in total. The fourth-order valence-electron chi connectivity index (χ4n) is 3.10. The Bertz CT molecular complexity index is 733. The monoisotopic (exact) mass is 340 g/mol. The average molecular weight is 340 g/mol. The number of nitrogens with one attached hydrogen (secondary N) is 2. The minimum atomic E-state index is -0.204. The third-order valence-electron chi connectivity index (χ3n) is 4.79. The van der Waals surface area contributed by atoms with Crippen LogP contribution >= 0.6 is 0 Å². The number of hydrogen-bond donors (Lipinski definition) is 2. The van der Waals surface area contributed by atoms with Gasteiger partial charge >= 0.3 is 0 Å². The van der Waals surface area contributed by atoms with Gasteiger partial charge in [0.1, 0.15) is 5.75 Å². The van der Waals surface area contributed by atoms with E-state index in [1.54, 1.807) is 6.07 Å². The number of aromatic nitrogens is 2. The van der Waals surface area contributed by atoms with Gasteiger partial charge in [0.2, 0.25) is 0 Å². The lowest BCUT2D eigenvalue weighted by Gasteiger charge is -2.22. The van der Waals surface area contributed by atoms with E-state index in [0.717, 1.165) is 38.3 Å². The summed E-state index contributed by atoms with van der Waals surface area (Å²) < 4.78 is 7.75. The Morgan fingerprint density at radius 2 is 2.16 bits per heavy atom. The minimum Gasteiger partial charge on any atom is -0.491 e. The lowest BCUT2D eigenvalue weighted by molar-refractivity contribution is 0.102. The van der Waals surface area contributed by atoms with Gasteiger partial charge in [-0.2, -0.15) is 5.10 Å². The number of amides is 1. The van der Waals surface area contributed by atoms with E-state index in [1.165, 1.54) is 12.8 Å². The van der Waals surface area contributed by atoms with Gasteiger partial charge in [-0.3, -0.25) is 9.48 Å². The van der Waals surface area contributed by atoms with Gasteiger partial charge in [0.15, 0.2) is 5.69 Å². The quantitative estimate of drug-likeness (QED) is 0.848. The van der Waals surface area contributed by atoms with Crippen LogP contribution in [-0.4, -0.2) is 35.4 Å². The van der Waals surface area contributed by atoms with Crippen molar-refractivity contribution in [3.63, 3.8) is 0 Å². The summed E-state index contributed by atoms with van der Waals surface area (Å²) in [5, 5.41) is 10.8. The van der Waals surface area contributed by atoms with Crippen LogP contribution in [0.2, 0.25) is 0 Å². The highest BCUT2D eigenvalue weighted by atomic mass is 16.5. The molecule has 1 aliphatic heterocycles. The Labute approximate surface area is 147 Å². The van der Waals surface area contributed by atoms with Gasteiger partial charge in [-0.25, -0.2) is 0 Å². The largest absolute Gasteiger partial charge is 0.491 e. The number of anilines is 1. The lowest BCUT2D eigenvalue weighted by Crippen LogP contribution is -2.32. The summed E-state index contributed by atoms with van der Waals surface area (Å²) in [7, 11) is 0. The summed E-state index contributed by atoms with van der Waals surface area (Å²) in [5.74, 6) is 1.19. The Kier molecular flexibility index (Phi) is 4.70. The molecular weight excluding hydrogens is 316 g/mol. The maximum atomic E-state index is 12.6. The van der Waals surface area contributed by atoms with Crippen molar-refractivity contribution in [2.45, 2.75) is 31.7 Å². The summed E-state index contributed by atoms with van der Waals surface area (Å²) in [5.41, 5.74) is 1.13. The molecule has 1 aromatic heterocycles. The number of carbonyl (C=O) groups is 1. The lowest BCUT2D eigenvalue weighted by atomic mass is 10.1. The fraction of sp³-hybridized carbons (Fsp3) is 0.474. The predicted octanol–water partition coefficient (Wildman–Crippen LogP) is 2.85. The molecule has 2 aromatic rings. The molecule has 1 unspecified atom stereocenters. The number of piperidine rings is 1. The van der Waals surface area contributed by atoms with Crippen molar-refractivity contribution in [2.24, 2.45) is 5.92 Å². The Morgan fingerprint density at radius 1 is 1.28 bits per heavy atom. The second-order valence-corrected chi connectivity index (χ2v) is 6.89. The molecule has 0 radical (unpaired) electrons. The van der Waals surface area contributed by atoms with Crippen LogP contribution in [0.3, 0.4) is 0 Å². The first-order chi connectivity index (χ1) is 12.3. The molecule has 1 saturated carbocycles. The molecule has 2 aliphatic rings. The predicted molar refractivity (Wildman–Crippen MR) is 96.0 cm³/mol. The first-order valence-electron chi connectivity index (χ1n) is 9.08. The van der Waals surface area contributed by atoms with E-state index in [4.69, 9.17) is 4.74 Å². The van der Waals surface area contributed by atoms with Crippen molar-refractivity contribution >= 4 is 11.6 Å². The third kappa shape index (κ3) is 4.02. The summed E-state index contributed by atoms with van der Waals surface area (Å²) in [6.07, 6.45) is 6.59.